The van der Waals surface area contributed by atoms with Crippen LogP contribution in [0.15, 0.2) is 102 Å². The van der Waals surface area contributed by atoms with Gasteiger partial charge in [0.15, 0.2) is 0 Å². The molecule has 191 valence electrons. The van der Waals surface area contributed by atoms with Crippen LogP contribution >= 0.6 is 0 Å². The number of hydrogen-bond donors (Lipinski definition) is 0. The molecular formula is C33H22IrN4O-2. The van der Waals surface area contributed by atoms with E-state index in [1.807, 2.05) is 67.6 Å². The van der Waals surface area contributed by atoms with Crippen LogP contribution in [0.4, 0.5) is 0 Å². The van der Waals surface area contributed by atoms with Gasteiger partial charge in [-0.3, -0.25) is 4.98 Å². The van der Waals surface area contributed by atoms with Gasteiger partial charge in [-0.25, -0.2) is 4.98 Å². The molecule has 0 N–H and O–H groups in total. The van der Waals surface area contributed by atoms with E-state index in [-0.39, 0.29) is 20.1 Å². The summed E-state index contributed by atoms with van der Waals surface area (Å²) in [7, 11) is 0. The molecule has 1 aliphatic heterocycles. The van der Waals surface area contributed by atoms with Crippen LogP contribution in [0.3, 0.4) is 0 Å². The molecule has 0 saturated carbocycles. The summed E-state index contributed by atoms with van der Waals surface area (Å²) in [4.78, 5) is 13.6. The monoisotopic (exact) mass is 683 g/mol. The molecule has 0 atom stereocenters. The molecule has 8 rings (SSSR count). The van der Waals surface area contributed by atoms with Crippen molar-refractivity contribution in [3.8, 4) is 22.6 Å². The van der Waals surface area contributed by atoms with Crippen molar-refractivity contribution in [2.24, 2.45) is 0 Å². The van der Waals surface area contributed by atoms with Crippen LogP contribution in [0.5, 0.6) is 0 Å². The van der Waals surface area contributed by atoms with Gasteiger partial charge in [0.25, 0.3) is 0 Å². The number of benzene rings is 3. The Bertz CT molecular complexity index is 1960. The van der Waals surface area contributed by atoms with E-state index in [1.54, 1.807) is 6.20 Å². The molecule has 1 radical (unpaired) electrons. The van der Waals surface area contributed by atoms with Crippen molar-refractivity contribution in [1.82, 2.24) is 19.5 Å². The van der Waals surface area contributed by atoms with Crippen molar-refractivity contribution < 1.29 is 24.5 Å². The number of hydrogen-bond acceptors (Lipinski definition) is 4. The van der Waals surface area contributed by atoms with Crippen molar-refractivity contribution in [1.29, 1.82) is 0 Å². The van der Waals surface area contributed by atoms with Gasteiger partial charge in [-0.15, -0.1) is 54.1 Å². The summed E-state index contributed by atoms with van der Waals surface area (Å²) in [6, 6.07) is 34.5. The standard InChI is InChI=1S/C17H11N2O.C16H11N2.Ir/c1-11-8-9-13-12-5-4-6-14(15-7-2-3-10-18-15)16(12)20-17(13)19-11;1-2-6-13(7-3-1)16-17-14-10-4-8-12-9-5-11-18(16)15(12)14;/h2-5,7-10H,1H3;1-6,8-10H,11H2;/q2*-1;. The molecule has 7 aromatic rings. The number of aromatic nitrogens is 4. The third-order valence-corrected chi connectivity index (χ3v) is 6.69. The summed E-state index contributed by atoms with van der Waals surface area (Å²) in [5, 5.41) is 2.07. The maximum atomic E-state index is 5.94. The van der Waals surface area contributed by atoms with E-state index in [4.69, 9.17) is 9.40 Å². The second-order valence-corrected chi connectivity index (χ2v) is 9.16. The van der Waals surface area contributed by atoms with E-state index >= 15 is 0 Å². The first-order valence-corrected chi connectivity index (χ1v) is 12.5. The maximum Gasteiger partial charge on any atom is 0.216 e. The number of imidazole rings is 1. The zero-order valence-electron chi connectivity index (χ0n) is 21.1. The van der Waals surface area contributed by atoms with Gasteiger partial charge in [-0.1, -0.05) is 47.4 Å². The Morgan fingerprint density at radius 1 is 0.846 bits per heavy atom. The van der Waals surface area contributed by atoms with Crippen LogP contribution in [-0.4, -0.2) is 19.5 Å². The van der Waals surface area contributed by atoms with E-state index in [9.17, 15) is 0 Å². The average Bonchev–Trinajstić information content (AvgIpc) is 3.54. The Kier molecular flexibility index (Phi) is 6.65. The molecule has 0 bridgehead atoms. The molecular weight excluding hydrogens is 661 g/mol. The zero-order valence-corrected chi connectivity index (χ0v) is 23.4. The van der Waals surface area contributed by atoms with Crippen molar-refractivity contribution in [2.75, 3.05) is 0 Å². The van der Waals surface area contributed by atoms with Crippen LogP contribution < -0.4 is 0 Å². The first-order valence-electron chi connectivity index (χ1n) is 12.5. The Labute approximate surface area is 239 Å². The Balaban J connectivity index is 0.000000139. The van der Waals surface area contributed by atoms with Crippen molar-refractivity contribution in [3.63, 3.8) is 0 Å². The molecule has 0 spiro atoms. The van der Waals surface area contributed by atoms with Gasteiger partial charge in [0.1, 0.15) is 0 Å². The number of aryl methyl sites for hydroxylation is 1. The number of pyridine rings is 2. The molecule has 1 aliphatic rings. The Morgan fingerprint density at radius 2 is 1.77 bits per heavy atom. The summed E-state index contributed by atoms with van der Waals surface area (Å²) in [5.41, 5.74) is 8.71. The molecule has 3 aromatic carbocycles. The first-order chi connectivity index (χ1) is 18.8. The third-order valence-electron chi connectivity index (χ3n) is 6.69. The zero-order chi connectivity index (χ0) is 25.5. The summed E-state index contributed by atoms with van der Waals surface area (Å²) < 4.78 is 8.20. The van der Waals surface area contributed by atoms with E-state index in [1.165, 1.54) is 11.1 Å². The SMILES string of the molecule is Cc1ccc2c(n1)oc1c(-c3ccccn3)[c-]ccc12.[Ir].[c-]1ccccc1-c1nc2cccc3c2n1CC=C3. The van der Waals surface area contributed by atoms with Gasteiger partial charge in [0.2, 0.25) is 5.71 Å². The third kappa shape index (κ3) is 4.48. The number of fused-ring (bicyclic) bond motifs is 3. The molecule has 6 heteroatoms. The molecule has 5 heterocycles. The number of para-hydroxylation sites is 1. The molecule has 5 nitrogen and oxygen atoms in total. The fourth-order valence-corrected chi connectivity index (χ4v) is 4.96. The average molecular weight is 683 g/mol. The second kappa shape index (κ2) is 10.4. The minimum Gasteiger partial charge on any atom is -0.486 e. The Morgan fingerprint density at radius 3 is 2.62 bits per heavy atom. The number of allylic oxidation sites excluding steroid dienone is 1. The molecule has 0 saturated heterocycles. The summed E-state index contributed by atoms with van der Waals surface area (Å²) >= 11 is 0. The first kappa shape index (κ1) is 24.9. The van der Waals surface area contributed by atoms with Gasteiger partial charge < -0.3 is 14.0 Å². The fraction of sp³-hybridized carbons (Fsp3) is 0.0606. The molecule has 0 amide bonds. The topological polar surface area (TPSA) is 56.7 Å². The largest absolute Gasteiger partial charge is 0.486 e. The van der Waals surface area contributed by atoms with Gasteiger partial charge in [-0.2, -0.15) is 0 Å². The van der Waals surface area contributed by atoms with E-state index < -0.39 is 0 Å². The van der Waals surface area contributed by atoms with Crippen LogP contribution in [0.25, 0.3) is 61.8 Å². The summed E-state index contributed by atoms with van der Waals surface area (Å²) in [5.74, 6) is 1.00. The minimum absolute atomic E-state index is 0. The van der Waals surface area contributed by atoms with Crippen molar-refractivity contribution >= 4 is 39.2 Å². The van der Waals surface area contributed by atoms with Crippen LogP contribution in [0, 0.1) is 19.1 Å². The summed E-state index contributed by atoms with van der Waals surface area (Å²) in [6.07, 6.45) is 6.12. The Hall–Kier alpha value is -4.38. The van der Waals surface area contributed by atoms with E-state index in [2.05, 4.69) is 63.1 Å². The predicted molar refractivity (Wildman–Crippen MR) is 151 cm³/mol. The fourth-order valence-electron chi connectivity index (χ4n) is 4.96. The summed E-state index contributed by atoms with van der Waals surface area (Å²) in [6.45, 7) is 2.84. The molecule has 0 aliphatic carbocycles. The van der Waals surface area contributed by atoms with Crippen LogP contribution in [0.1, 0.15) is 11.3 Å². The molecule has 4 aromatic heterocycles. The van der Waals surface area contributed by atoms with Crippen LogP contribution in [0.2, 0.25) is 0 Å². The predicted octanol–water partition coefficient (Wildman–Crippen LogP) is 7.68. The van der Waals surface area contributed by atoms with Gasteiger partial charge in [0.05, 0.1) is 22.4 Å². The smallest absolute Gasteiger partial charge is 0.216 e. The van der Waals surface area contributed by atoms with Gasteiger partial charge in [-0.05, 0) is 42.4 Å². The van der Waals surface area contributed by atoms with Gasteiger partial charge >= 0.3 is 0 Å². The number of nitrogens with zero attached hydrogens (tertiary/aromatic N) is 4. The molecule has 0 unspecified atom stereocenters. The minimum atomic E-state index is 0. The molecule has 0 fully saturated rings. The van der Waals surface area contributed by atoms with E-state index in [0.29, 0.717) is 5.71 Å². The normalized spacial score (nSPS) is 11.8. The van der Waals surface area contributed by atoms with Crippen LogP contribution in [-0.2, 0) is 26.7 Å². The second-order valence-electron chi connectivity index (χ2n) is 9.16. The number of rotatable bonds is 2. The molecule has 39 heavy (non-hydrogen) atoms. The van der Waals surface area contributed by atoms with Crippen molar-refractivity contribution in [3.05, 3.63) is 121 Å². The maximum absolute atomic E-state index is 5.94. The quantitative estimate of drug-likeness (QED) is 0.176. The van der Waals surface area contributed by atoms with Gasteiger partial charge in [0, 0.05) is 43.9 Å². The van der Waals surface area contributed by atoms with Crippen molar-refractivity contribution in [2.45, 2.75) is 13.5 Å². The van der Waals surface area contributed by atoms with E-state index in [0.717, 1.165) is 56.8 Å². The number of furan rings is 1.